The Morgan fingerprint density at radius 3 is 2.38 bits per heavy atom. The van der Waals surface area contributed by atoms with Crippen molar-refractivity contribution in [3.63, 3.8) is 0 Å². The second-order valence-corrected chi connectivity index (χ2v) is 6.04. The van der Waals surface area contributed by atoms with Gasteiger partial charge in [0.25, 0.3) is 0 Å². The zero-order valence-electron chi connectivity index (χ0n) is 14.0. The van der Waals surface area contributed by atoms with E-state index in [2.05, 4.69) is 25.6 Å². The number of pyridine rings is 1. The number of aromatic nitrogens is 3. The Hall–Kier alpha value is -3.26. The third-order valence-corrected chi connectivity index (χ3v) is 3.84. The maximum atomic E-state index is 11.6. The van der Waals surface area contributed by atoms with E-state index in [0.717, 1.165) is 11.1 Å². The molecular formula is C17H15ClN6O2. The summed E-state index contributed by atoms with van der Waals surface area (Å²) in [7, 11) is 0. The van der Waals surface area contributed by atoms with Crippen LogP contribution in [0.3, 0.4) is 0 Å². The molecule has 2 aromatic heterocycles. The number of nitrogens with zero attached hydrogens (tertiary/aromatic N) is 4. The molecule has 0 spiro atoms. The molecule has 0 saturated heterocycles. The van der Waals surface area contributed by atoms with Crippen molar-refractivity contribution in [3.8, 4) is 0 Å². The van der Waals surface area contributed by atoms with Gasteiger partial charge in [0.2, 0.25) is 11.6 Å². The van der Waals surface area contributed by atoms with Crippen LogP contribution in [0.2, 0.25) is 5.02 Å². The standard InChI is InChI=1S/C17H15ClN6O2/c1-10-3-6-14(19-8-10)23-17-15(24(25)26)16(20-9-21-17)22-13-5-4-12(18)7-11(13)2/h3-9H,1-2H3,(H2,19,20,21,22,23). The molecule has 2 heterocycles. The molecule has 0 radical (unpaired) electrons. The van der Waals surface area contributed by atoms with Crippen molar-refractivity contribution in [1.82, 2.24) is 15.0 Å². The largest absolute Gasteiger partial charge is 0.353 e. The van der Waals surface area contributed by atoms with Crippen LogP contribution in [-0.2, 0) is 0 Å². The van der Waals surface area contributed by atoms with E-state index in [9.17, 15) is 10.1 Å². The van der Waals surface area contributed by atoms with Gasteiger partial charge in [-0.25, -0.2) is 15.0 Å². The molecule has 9 heteroatoms. The number of nitro groups is 1. The number of nitrogens with one attached hydrogen (secondary N) is 2. The molecule has 0 unspecified atom stereocenters. The second-order valence-electron chi connectivity index (χ2n) is 5.61. The highest BCUT2D eigenvalue weighted by Crippen LogP contribution is 2.33. The van der Waals surface area contributed by atoms with Crippen LogP contribution in [0.1, 0.15) is 11.1 Å². The van der Waals surface area contributed by atoms with Gasteiger partial charge in [0, 0.05) is 16.9 Å². The van der Waals surface area contributed by atoms with Crippen molar-refractivity contribution in [2.75, 3.05) is 10.6 Å². The molecule has 2 N–H and O–H groups in total. The summed E-state index contributed by atoms with van der Waals surface area (Å²) in [6.07, 6.45) is 2.91. The highest BCUT2D eigenvalue weighted by Gasteiger charge is 2.24. The Morgan fingerprint density at radius 1 is 1.04 bits per heavy atom. The molecular weight excluding hydrogens is 356 g/mol. The minimum absolute atomic E-state index is 0.0514. The van der Waals surface area contributed by atoms with Crippen LogP contribution in [0.15, 0.2) is 42.9 Å². The molecule has 0 fully saturated rings. The molecule has 0 bridgehead atoms. The lowest BCUT2D eigenvalue weighted by Crippen LogP contribution is -2.06. The summed E-state index contributed by atoms with van der Waals surface area (Å²) in [5.41, 5.74) is 2.20. The molecule has 132 valence electrons. The van der Waals surface area contributed by atoms with Crippen LogP contribution in [0.25, 0.3) is 0 Å². The molecule has 3 rings (SSSR count). The Kier molecular flexibility index (Phi) is 4.94. The Labute approximate surface area is 154 Å². The summed E-state index contributed by atoms with van der Waals surface area (Å²) in [5.74, 6) is 0.575. The minimum atomic E-state index is -0.538. The predicted molar refractivity (Wildman–Crippen MR) is 100 cm³/mol. The lowest BCUT2D eigenvalue weighted by molar-refractivity contribution is -0.383. The van der Waals surface area contributed by atoms with Crippen LogP contribution >= 0.6 is 11.6 Å². The van der Waals surface area contributed by atoms with E-state index < -0.39 is 4.92 Å². The maximum absolute atomic E-state index is 11.6. The van der Waals surface area contributed by atoms with E-state index in [-0.39, 0.29) is 17.3 Å². The van der Waals surface area contributed by atoms with Crippen LogP contribution < -0.4 is 10.6 Å². The number of hydrogen-bond acceptors (Lipinski definition) is 7. The average Bonchev–Trinajstić information content (AvgIpc) is 2.59. The number of halogens is 1. The molecule has 8 nitrogen and oxygen atoms in total. The molecule has 1 aromatic carbocycles. The highest BCUT2D eigenvalue weighted by atomic mass is 35.5. The van der Waals surface area contributed by atoms with Crippen molar-refractivity contribution in [3.05, 3.63) is 69.1 Å². The molecule has 0 atom stereocenters. The summed E-state index contributed by atoms with van der Waals surface area (Å²) < 4.78 is 0. The SMILES string of the molecule is Cc1ccc(Nc2ncnc(Nc3ccc(Cl)cc3C)c2[N+](=O)[O-])nc1. The zero-order valence-corrected chi connectivity index (χ0v) is 14.8. The fourth-order valence-electron chi connectivity index (χ4n) is 2.29. The zero-order chi connectivity index (χ0) is 18.7. The molecule has 0 saturated carbocycles. The Bertz CT molecular complexity index is 962. The smallest absolute Gasteiger partial charge is 0.334 e. The molecule has 0 aliphatic rings. The van der Waals surface area contributed by atoms with Crippen molar-refractivity contribution < 1.29 is 4.92 Å². The van der Waals surface area contributed by atoms with Crippen LogP contribution in [-0.4, -0.2) is 19.9 Å². The van der Waals surface area contributed by atoms with Gasteiger partial charge in [0.05, 0.1) is 4.92 Å². The van der Waals surface area contributed by atoms with Crippen molar-refractivity contribution in [1.29, 1.82) is 0 Å². The van der Waals surface area contributed by atoms with Crippen molar-refractivity contribution in [2.45, 2.75) is 13.8 Å². The van der Waals surface area contributed by atoms with Gasteiger partial charge in [-0.15, -0.1) is 0 Å². The van der Waals surface area contributed by atoms with Gasteiger partial charge in [0.15, 0.2) is 0 Å². The molecule has 0 aliphatic carbocycles. The van der Waals surface area contributed by atoms with Gasteiger partial charge in [0.1, 0.15) is 12.1 Å². The summed E-state index contributed by atoms with van der Waals surface area (Å²) in [6.45, 7) is 3.75. The van der Waals surface area contributed by atoms with Gasteiger partial charge in [-0.2, -0.15) is 0 Å². The number of hydrogen-bond donors (Lipinski definition) is 2. The monoisotopic (exact) mass is 370 g/mol. The lowest BCUT2D eigenvalue weighted by atomic mass is 10.2. The van der Waals surface area contributed by atoms with E-state index in [1.54, 1.807) is 30.5 Å². The fourth-order valence-corrected chi connectivity index (χ4v) is 2.52. The predicted octanol–water partition coefficient (Wildman–Crippen LogP) is 4.54. The highest BCUT2D eigenvalue weighted by molar-refractivity contribution is 6.30. The molecule has 3 aromatic rings. The minimum Gasteiger partial charge on any atom is -0.334 e. The van der Waals surface area contributed by atoms with Crippen LogP contribution in [0.5, 0.6) is 0 Å². The first kappa shape index (κ1) is 17.6. The van der Waals surface area contributed by atoms with Gasteiger partial charge < -0.3 is 10.6 Å². The van der Waals surface area contributed by atoms with Gasteiger partial charge >= 0.3 is 5.69 Å². The Balaban J connectivity index is 1.98. The molecule has 26 heavy (non-hydrogen) atoms. The first-order valence-corrected chi connectivity index (χ1v) is 8.04. The second kappa shape index (κ2) is 7.32. The maximum Gasteiger partial charge on any atom is 0.353 e. The number of benzene rings is 1. The van der Waals surface area contributed by atoms with Crippen molar-refractivity contribution in [2.24, 2.45) is 0 Å². The average molecular weight is 371 g/mol. The van der Waals surface area contributed by atoms with E-state index >= 15 is 0 Å². The number of rotatable bonds is 5. The van der Waals surface area contributed by atoms with Crippen LogP contribution in [0, 0.1) is 24.0 Å². The lowest BCUT2D eigenvalue weighted by Gasteiger charge is -2.11. The summed E-state index contributed by atoms with van der Waals surface area (Å²) in [5, 5.41) is 18.0. The molecule has 0 amide bonds. The van der Waals surface area contributed by atoms with E-state index in [4.69, 9.17) is 11.6 Å². The number of anilines is 4. The quantitative estimate of drug-likeness (QED) is 0.501. The van der Waals surface area contributed by atoms with Gasteiger partial charge in [-0.3, -0.25) is 10.1 Å². The van der Waals surface area contributed by atoms with E-state index in [0.29, 0.717) is 16.5 Å². The number of aryl methyl sites for hydroxylation is 2. The third kappa shape index (κ3) is 3.86. The molecule has 0 aliphatic heterocycles. The Morgan fingerprint density at radius 2 is 1.77 bits per heavy atom. The summed E-state index contributed by atoms with van der Waals surface area (Å²) in [6, 6.07) is 8.75. The fraction of sp³-hybridized carbons (Fsp3) is 0.118. The van der Waals surface area contributed by atoms with E-state index in [1.807, 2.05) is 19.9 Å². The summed E-state index contributed by atoms with van der Waals surface area (Å²) in [4.78, 5) is 23.3. The summed E-state index contributed by atoms with van der Waals surface area (Å²) >= 11 is 5.95. The first-order chi connectivity index (χ1) is 12.4. The van der Waals surface area contributed by atoms with Gasteiger partial charge in [-0.05, 0) is 49.2 Å². The normalized spacial score (nSPS) is 10.4. The van der Waals surface area contributed by atoms with Gasteiger partial charge in [-0.1, -0.05) is 17.7 Å². The topological polar surface area (TPSA) is 106 Å². The van der Waals surface area contributed by atoms with E-state index in [1.165, 1.54) is 6.33 Å². The first-order valence-electron chi connectivity index (χ1n) is 7.66. The van der Waals surface area contributed by atoms with Crippen molar-refractivity contribution >= 4 is 40.4 Å². The third-order valence-electron chi connectivity index (χ3n) is 3.60. The van der Waals surface area contributed by atoms with Crippen LogP contribution in [0.4, 0.5) is 28.8 Å².